The molecule has 1 fully saturated rings. The van der Waals surface area contributed by atoms with Gasteiger partial charge in [0.05, 0.1) is 6.04 Å². The molecular formula is C15H23N3O. The lowest BCUT2D eigenvalue weighted by molar-refractivity contribution is -0.123. The van der Waals surface area contributed by atoms with E-state index in [4.69, 9.17) is 5.73 Å². The lowest BCUT2D eigenvalue weighted by Crippen LogP contribution is -2.46. The maximum absolute atomic E-state index is 12.0. The maximum Gasteiger partial charge on any atom is 0.237 e. The Morgan fingerprint density at radius 3 is 2.79 bits per heavy atom. The molecule has 1 unspecified atom stereocenters. The molecule has 2 rings (SSSR count). The van der Waals surface area contributed by atoms with Crippen LogP contribution >= 0.6 is 0 Å². The zero-order valence-electron chi connectivity index (χ0n) is 11.7. The van der Waals surface area contributed by atoms with E-state index in [1.54, 1.807) is 0 Å². The van der Waals surface area contributed by atoms with Gasteiger partial charge in [-0.15, -0.1) is 0 Å². The van der Waals surface area contributed by atoms with Crippen LogP contribution in [0.5, 0.6) is 0 Å². The van der Waals surface area contributed by atoms with Gasteiger partial charge in [0.15, 0.2) is 0 Å². The van der Waals surface area contributed by atoms with Crippen molar-refractivity contribution in [1.29, 1.82) is 0 Å². The third-order valence-electron chi connectivity index (χ3n) is 4.22. The average Bonchev–Trinajstić information content (AvgIpc) is 3.25. The number of hydrogen-bond donors (Lipinski definition) is 2. The molecule has 0 bridgehead atoms. The van der Waals surface area contributed by atoms with Crippen molar-refractivity contribution in [3.63, 3.8) is 0 Å². The molecule has 0 spiro atoms. The summed E-state index contributed by atoms with van der Waals surface area (Å²) in [6, 6.07) is 5.53. The summed E-state index contributed by atoms with van der Waals surface area (Å²) < 4.78 is 0. The van der Waals surface area contributed by atoms with Crippen LogP contribution in [-0.2, 0) is 10.2 Å². The molecular weight excluding hydrogens is 238 g/mol. The summed E-state index contributed by atoms with van der Waals surface area (Å²) >= 11 is 0. The van der Waals surface area contributed by atoms with Crippen LogP contribution in [0.2, 0.25) is 0 Å². The molecule has 3 N–H and O–H groups in total. The Bertz CT molecular complexity index is 428. The number of amides is 1. The Hall–Kier alpha value is -1.42. The second-order valence-electron chi connectivity index (χ2n) is 5.62. The zero-order chi connectivity index (χ0) is 13.9. The number of nitrogens with zero attached hydrogens (tertiary/aromatic N) is 1. The highest BCUT2D eigenvalue weighted by molar-refractivity contribution is 5.81. The van der Waals surface area contributed by atoms with Gasteiger partial charge in [0.2, 0.25) is 5.91 Å². The van der Waals surface area contributed by atoms with Gasteiger partial charge in [-0.1, -0.05) is 26.3 Å². The Labute approximate surface area is 114 Å². The van der Waals surface area contributed by atoms with E-state index in [0.29, 0.717) is 6.54 Å². The van der Waals surface area contributed by atoms with Gasteiger partial charge in [-0.2, -0.15) is 0 Å². The van der Waals surface area contributed by atoms with Crippen molar-refractivity contribution in [3.05, 3.63) is 30.1 Å². The average molecular weight is 261 g/mol. The van der Waals surface area contributed by atoms with Crippen molar-refractivity contribution in [2.75, 3.05) is 6.54 Å². The summed E-state index contributed by atoms with van der Waals surface area (Å²) in [6.45, 7) is 4.71. The first-order chi connectivity index (χ1) is 9.09. The fourth-order valence-electron chi connectivity index (χ4n) is 2.24. The quantitative estimate of drug-likeness (QED) is 0.817. The van der Waals surface area contributed by atoms with E-state index in [1.165, 1.54) is 0 Å². The van der Waals surface area contributed by atoms with Crippen molar-refractivity contribution in [2.45, 2.75) is 44.6 Å². The molecule has 1 amide bonds. The largest absolute Gasteiger partial charge is 0.354 e. The first-order valence-corrected chi connectivity index (χ1v) is 7.04. The van der Waals surface area contributed by atoms with Crippen LogP contribution in [0.15, 0.2) is 24.4 Å². The minimum absolute atomic E-state index is 0.0449. The number of carbonyl (C=O) groups is 1. The Balaban J connectivity index is 1.91. The van der Waals surface area contributed by atoms with E-state index in [-0.39, 0.29) is 17.2 Å². The van der Waals surface area contributed by atoms with Crippen LogP contribution in [0, 0.1) is 5.92 Å². The SMILES string of the molecule is CCC(C)[C@H](N)C(=O)NCC1(c2ccccn2)CC1. The zero-order valence-corrected chi connectivity index (χ0v) is 11.7. The van der Waals surface area contributed by atoms with Gasteiger partial charge in [-0.05, 0) is 30.9 Å². The molecule has 1 heterocycles. The van der Waals surface area contributed by atoms with E-state index >= 15 is 0 Å². The minimum Gasteiger partial charge on any atom is -0.354 e. The van der Waals surface area contributed by atoms with Crippen LogP contribution < -0.4 is 11.1 Å². The van der Waals surface area contributed by atoms with E-state index < -0.39 is 6.04 Å². The van der Waals surface area contributed by atoms with Crippen LogP contribution in [0.3, 0.4) is 0 Å². The molecule has 1 aliphatic carbocycles. The molecule has 4 nitrogen and oxygen atoms in total. The number of rotatable bonds is 6. The van der Waals surface area contributed by atoms with Gasteiger partial charge >= 0.3 is 0 Å². The fraction of sp³-hybridized carbons (Fsp3) is 0.600. The van der Waals surface area contributed by atoms with Crippen LogP contribution in [0.25, 0.3) is 0 Å². The van der Waals surface area contributed by atoms with Gasteiger partial charge < -0.3 is 11.1 Å². The monoisotopic (exact) mass is 261 g/mol. The minimum atomic E-state index is -0.412. The Morgan fingerprint density at radius 1 is 1.53 bits per heavy atom. The first kappa shape index (κ1) is 14.0. The molecule has 1 saturated carbocycles. The van der Waals surface area contributed by atoms with Crippen LogP contribution in [-0.4, -0.2) is 23.5 Å². The van der Waals surface area contributed by atoms with Crippen LogP contribution in [0.4, 0.5) is 0 Å². The second-order valence-corrected chi connectivity index (χ2v) is 5.62. The highest BCUT2D eigenvalue weighted by atomic mass is 16.2. The van der Waals surface area contributed by atoms with E-state index in [1.807, 2.05) is 38.2 Å². The summed E-state index contributed by atoms with van der Waals surface area (Å²) in [5.74, 6) is 0.168. The lowest BCUT2D eigenvalue weighted by Gasteiger charge is -2.20. The molecule has 0 saturated heterocycles. The van der Waals surface area contributed by atoms with Crippen molar-refractivity contribution < 1.29 is 4.79 Å². The number of nitrogens with two attached hydrogens (primary N) is 1. The molecule has 2 atom stereocenters. The van der Waals surface area contributed by atoms with Crippen molar-refractivity contribution in [3.8, 4) is 0 Å². The van der Waals surface area contributed by atoms with Crippen molar-refractivity contribution >= 4 is 5.91 Å². The van der Waals surface area contributed by atoms with Gasteiger partial charge in [0.25, 0.3) is 0 Å². The van der Waals surface area contributed by atoms with E-state index in [2.05, 4.69) is 10.3 Å². The summed E-state index contributed by atoms with van der Waals surface area (Å²) in [5, 5.41) is 2.99. The Kier molecular flexibility index (Phi) is 4.20. The van der Waals surface area contributed by atoms with E-state index in [9.17, 15) is 4.79 Å². The highest BCUT2D eigenvalue weighted by Crippen LogP contribution is 2.46. The maximum atomic E-state index is 12.0. The molecule has 4 heteroatoms. The van der Waals surface area contributed by atoms with Gasteiger partial charge in [-0.3, -0.25) is 9.78 Å². The molecule has 0 aliphatic heterocycles. The van der Waals surface area contributed by atoms with Crippen LogP contribution in [0.1, 0.15) is 38.8 Å². The Morgan fingerprint density at radius 2 is 2.26 bits per heavy atom. The number of carbonyl (C=O) groups excluding carboxylic acids is 1. The highest BCUT2D eigenvalue weighted by Gasteiger charge is 2.45. The molecule has 1 aromatic rings. The second kappa shape index (κ2) is 5.70. The summed E-state index contributed by atoms with van der Waals surface area (Å²) in [7, 11) is 0. The van der Waals surface area contributed by atoms with Crippen molar-refractivity contribution in [1.82, 2.24) is 10.3 Å². The molecule has 1 aliphatic rings. The van der Waals surface area contributed by atoms with Gasteiger partial charge in [0, 0.05) is 23.9 Å². The summed E-state index contributed by atoms with van der Waals surface area (Å²) in [6.07, 6.45) is 4.90. The topological polar surface area (TPSA) is 68.0 Å². The van der Waals surface area contributed by atoms with E-state index in [0.717, 1.165) is 25.0 Å². The third kappa shape index (κ3) is 3.13. The molecule has 104 valence electrons. The predicted molar refractivity (Wildman–Crippen MR) is 75.6 cm³/mol. The number of hydrogen-bond acceptors (Lipinski definition) is 3. The summed E-state index contributed by atoms with van der Waals surface area (Å²) in [4.78, 5) is 16.4. The lowest BCUT2D eigenvalue weighted by atomic mass is 9.98. The first-order valence-electron chi connectivity index (χ1n) is 7.04. The number of pyridine rings is 1. The molecule has 0 aromatic carbocycles. The molecule has 0 radical (unpaired) electrons. The molecule has 19 heavy (non-hydrogen) atoms. The smallest absolute Gasteiger partial charge is 0.237 e. The van der Waals surface area contributed by atoms with Gasteiger partial charge in [0.1, 0.15) is 0 Å². The van der Waals surface area contributed by atoms with Crippen molar-refractivity contribution in [2.24, 2.45) is 11.7 Å². The molecule has 1 aromatic heterocycles. The van der Waals surface area contributed by atoms with Gasteiger partial charge in [-0.25, -0.2) is 0 Å². The predicted octanol–water partition coefficient (Wildman–Crippen LogP) is 1.60. The fourth-order valence-corrected chi connectivity index (χ4v) is 2.24. The summed E-state index contributed by atoms with van der Waals surface area (Å²) in [5.41, 5.74) is 7.06. The standard InChI is InChI=1S/C15H23N3O/c1-3-11(2)13(16)14(19)18-10-15(7-8-15)12-6-4-5-9-17-12/h4-6,9,11,13H,3,7-8,10,16H2,1-2H3,(H,18,19)/t11?,13-/m0/s1. The third-order valence-corrected chi connectivity index (χ3v) is 4.22. The normalized spacial score (nSPS) is 19.5. The number of aromatic nitrogens is 1. The number of nitrogens with one attached hydrogen (secondary N) is 1.